The van der Waals surface area contributed by atoms with Crippen molar-refractivity contribution in [2.24, 2.45) is 0 Å². The Kier molecular flexibility index (Phi) is 3.33. The highest BCUT2D eigenvalue weighted by atomic mass is 16.5. The Bertz CT molecular complexity index is 335. The van der Waals surface area contributed by atoms with Gasteiger partial charge in [0.25, 0.3) is 0 Å². The maximum atomic E-state index is 6.11. The maximum Gasteiger partial charge on any atom is 0.0736 e. The fraction of sp³-hybridized carbons (Fsp3) is 1.00. The number of piperazine rings is 1. The van der Waals surface area contributed by atoms with Gasteiger partial charge in [0, 0.05) is 31.2 Å². The van der Waals surface area contributed by atoms with Gasteiger partial charge in [0.15, 0.2) is 0 Å². The van der Waals surface area contributed by atoms with E-state index in [4.69, 9.17) is 4.74 Å². The van der Waals surface area contributed by atoms with Gasteiger partial charge in [-0.3, -0.25) is 9.80 Å². The van der Waals surface area contributed by atoms with Crippen molar-refractivity contribution in [1.29, 1.82) is 0 Å². The van der Waals surface area contributed by atoms with Gasteiger partial charge in [0.2, 0.25) is 0 Å². The molecule has 5 unspecified atom stereocenters. The number of hydrogen-bond donors (Lipinski definition) is 0. The molecule has 2 bridgehead atoms. The molecule has 0 amide bonds. The van der Waals surface area contributed by atoms with Crippen LogP contribution in [0.4, 0.5) is 0 Å². The van der Waals surface area contributed by atoms with Crippen molar-refractivity contribution in [3.8, 4) is 0 Å². The molecular weight excluding hydrogens is 236 g/mol. The van der Waals surface area contributed by atoms with E-state index < -0.39 is 0 Å². The summed E-state index contributed by atoms with van der Waals surface area (Å²) in [5.41, 5.74) is 0. The molecule has 0 radical (unpaired) electrons. The largest absolute Gasteiger partial charge is 0.373 e. The Morgan fingerprint density at radius 1 is 1.11 bits per heavy atom. The Morgan fingerprint density at radius 3 is 2.79 bits per heavy atom. The third kappa shape index (κ3) is 2.14. The van der Waals surface area contributed by atoms with Gasteiger partial charge in [-0.1, -0.05) is 13.3 Å². The first-order chi connectivity index (χ1) is 9.35. The van der Waals surface area contributed by atoms with Crippen LogP contribution in [0.15, 0.2) is 0 Å². The van der Waals surface area contributed by atoms with Crippen molar-refractivity contribution >= 4 is 0 Å². The van der Waals surface area contributed by atoms with Crippen molar-refractivity contribution in [3.63, 3.8) is 0 Å². The summed E-state index contributed by atoms with van der Waals surface area (Å²) in [5, 5.41) is 0. The van der Waals surface area contributed by atoms with Gasteiger partial charge in [-0.15, -0.1) is 0 Å². The summed E-state index contributed by atoms with van der Waals surface area (Å²) in [6.45, 7) is 6.35. The Labute approximate surface area is 117 Å². The molecule has 0 aromatic carbocycles. The molecule has 3 nitrogen and oxygen atoms in total. The van der Waals surface area contributed by atoms with Crippen molar-refractivity contribution in [2.45, 2.75) is 82.2 Å². The quantitative estimate of drug-likeness (QED) is 0.761. The molecule has 4 aliphatic heterocycles. The predicted molar refractivity (Wildman–Crippen MR) is 76.3 cm³/mol. The molecule has 0 aliphatic carbocycles. The molecule has 4 saturated heterocycles. The Balaban J connectivity index is 1.50. The fourth-order valence-electron chi connectivity index (χ4n) is 5.00. The number of fused-ring (bicyclic) bond motifs is 3. The fourth-order valence-corrected chi connectivity index (χ4v) is 5.00. The summed E-state index contributed by atoms with van der Waals surface area (Å²) in [6, 6.07) is 2.37. The highest BCUT2D eigenvalue weighted by Crippen LogP contribution is 2.40. The molecule has 4 heterocycles. The molecule has 3 heteroatoms. The highest BCUT2D eigenvalue weighted by molar-refractivity contribution is 5.01. The van der Waals surface area contributed by atoms with Gasteiger partial charge in [0.1, 0.15) is 0 Å². The van der Waals surface area contributed by atoms with Gasteiger partial charge >= 0.3 is 0 Å². The number of rotatable bonds is 2. The van der Waals surface area contributed by atoms with Gasteiger partial charge in [-0.05, 0) is 45.1 Å². The van der Waals surface area contributed by atoms with Crippen LogP contribution in [-0.2, 0) is 4.74 Å². The van der Waals surface area contributed by atoms with E-state index in [1.54, 1.807) is 0 Å². The number of hydrogen-bond acceptors (Lipinski definition) is 3. The number of nitrogens with zero attached hydrogens (tertiary/aromatic N) is 2. The maximum absolute atomic E-state index is 6.11. The minimum atomic E-state index is 0.564. The average Bonchev–Trinajstić information content (AvgIpc) is 3.08. The van der Waals surface area contributed by atoms with Crippen molar-refractivity contribution in [3.05, 3.63) is 0 Å². The lowest BCUT2D eigenvalue weighted by Crippen LogP contribution is -2.63. The first-order valence-corrected chi connectivity index (χ1v) is 8.50. The molecule has 0 N–H and O–H groups in total. The zero-order valence-electron chi connectivity index (χ0n) is 12.3. The molecule has 19 heavy (non-hydrogen) atoms. The molecule has 5 atom stereocenters. The van der Waals surface area contributed by atoms with Crippen LogP contribution in [0.2, 0.25) is 0 Å². The van der Waals surface area contributed by atoms with Crippen molar-refractivity contribution in [1.82, 2.24) is 9.80 Å². The second kappa shape index (κ2) is 5.01. The molecular formula is C16H28N2O. The predicted octanol–water partition coefficient (Wildman–Crippen LogP) is 2.26. The molecule has 0 saturated carbocycles. The van der Waals surface area contributed by atoms with Gasteiger partial charge in [-0.25, -0.2) is 0 Å². The molecule has 4 aliphatic rings. The standard InChI is InChI=1S/C16H28N2O/c1-2-12-10-17-8-4-3-5-13(17)11-18(12)15-9-14-6-7-16(15)19-14/h12-16H,2-11H2,1H3. The van der Waals surface area contributed by atoms with E-state index in [9.17, 15) is 0 Å². The second-order valence-corrected chi connectivity index (χ2v) is 7.08. The summed E-state index contributed by atoms with van der Waals surface area (Å²) in [4.78, 5) is 5.64. The lowest BCUT2D eigenvalue weighted by Gasteiger charge is -2.51. The van der Waals surface area contributed by atoms with Crippen LogP contribution in [0.3, 0.4) is 0 Å². The van der Waals surface area contributed by atoms with Crippen LogP contribution >= 0.6 is 0 Å². The van der Waals surface area contributed by atoms with E-state index >= 15 is 0 Å². The van der Waals surface area contributed by atoms with Crippen LogP contribution in [0.1, 0.15) is 51.9 Å². The minimum absolute atomic E-state index is 0.564. The van der Waals surface area contributed by atoms with Gasteiger partial charge < -0.3 is 4.74 Å². The van der Waals surface area contributed by atoms with E-state index in [0.29, 0.717) is 12.2 Å². The molecule has 4 rings (SSSR count). The Morgan fingerprint density at radius 2 is 2.05 bits per heavy atom. The third-order valence-corrected chi connectivity index (χ3v) is 6.06. The highest BCUT2D eigenvalue weighted by Gasteiger charge is 2.47. The van der Waals surface area contributed by atoms with E-state index in [2.05, 4.69) is 16.7 Å². The molecule has 0 aromatic rings. The molecule has 108 valence electrons. The van der Waals surface area contributed by atoms with E-state index in [-0.39, 0.29) is 0 Å². The minimum Gasteiger partial charge on any atom is -0.373 e. The van der Waals surface area contributed by atoms with Crippen LogP contribution < -0.4 is 0 Å². The van der Waals surface area contributed by atoms with Crippen molar-refractivity contribution in [2.75, 3.05) is 19.6 Å². The molecule has 0 aromatic heterocycles. The van der Waals surface area contributed by atoms with Crippen LogP contribution in [0, 0.1) is 0 Å². The van der Waals surface area contributed by atoms with Crippen LogP contribution in [-0.4, -0.2) is 59.8 Å². The first kappa shape index (κ1) is 12.6. The summed E-state index contributed by atoms with van der Waals surface area (Å²) < 4.78 is 6.11. The van der Waals surface area contributed by atoms with Gasteiger partial charge in [-0.2, -0.15) is 0 Å². The SMILES string of the molecule is CCC1CN2CCCCC2CN1C1CC2CCC1O2. The Hall–Kier alpha value is -0.120. The lowest BCUT2D eigenvalue weighted by atomic mass is 9.89. The van der Waals surface area contributed by atoms with E-state index in [1.165, 1.54) is 64.6 Å². The normalized spacial score (nSPS) is 47.5. The smallest absolute Gasteiger partial charge is 0.0736 e. The van der Waals surface area contributed by atoms with E-state index in [0.717, 1.165) is 18.1 Å². The molecule has 0 spiro atoms. The summed E-state index contributed by atoms with van der Waals surface area (Å²) >= 11 is 0. The van der Waals surface area contributed by atoms with Crippen molar-refractivity contribution < 1.29 is 4.74 Å². The molecule has 4 fully saturated rings. The topological polar surface area (TPSA) is 15.7 Å². The van der Waals surface area contributed by atoms with E-state index in [1.807, 2.05) is 0 Å². The monoisotopic (exact) mass is 264 g/mol. The first-order valence-electron chi connectivity index (χ1n) is 8.50. The summed E-state index contributed by atoms with van der Waals surface area (Å²) in [6.07, 6.45) is 10.7. The summed E-state index contributed by atoms with van der Waals surface area (Å²) in [7, 11) is 0. The third-order valence-electron chi connectivity index (χ3n) is 6.06. The number of ether oxygens (including phenoxy) is 1. The average molecular weight is 264 g/mol. The summed E-state index contributed by atoms with van der Waals surface area (Å²) in [5.74, 6) is 0. The number of piperidine rings is 1. The van der Waals surface area contributed by atoms with Crippen LogP contribution in [0.5, 0.6) is 0 Å². The zero-order chi connectivity index (χ0) is 12.8. The van der Waals surface area contributed by atoms with Gasteiger partial charge in [0.05, 0.1) is 12.2 Å². The zero-order valence-corrected chi connectivity index (χ0v) is 12.3. The lowest BCUT2D eigenvalue weighted by molar-refractivity contribution is -0.0319. The second-order valence-electron chi connectivity index (χ2n) is 7.08. The van der Waals surface area contributed by atoms with Crippen LogP contribution in [0.25, 0.3) is 0 Å².